The molecular formula is C29H34O12. The molecule has 3 aliphatic rings. The Kier molecular flexibility index (Phi) is 6.85. The van der Waals surface area contributed by atoms with Gasteiger partial charge >= 0.3 is 23.9 Å². The molecule has 8 atom stereocenters. The molecule has 1 spiro atoms. The Morgan fingerprint density at radius 1 is 0.829 bits per heavy atom. The summed E-state index contributed by atoms with van der Waals surface area (Å²) in [6.45, 7) is 9.06. The molecule has 1 saturated heterocycles. The SMILES string of the molecule is CC(=O)O[C@H]1C[C@](C)(O)C23OC(C)(C)C(C[C@H](OC(=O)c4ccco4)[C@]2(C)[C@H]1OC(C)=O)[C@H]3OC(=O)c1ccco1. The van der Waals surface area contributed by atoms with E-state index < -0.39 is 76.4 Å². The first kappa shape index (κ1) is 28.9. The topological polar surface area (TPSA) is 161 Å². The van der Waals surface area contributed by atoms with E-state index in [0.29, 0.717) is 0 Å². The van der Waals surface area contributed by atoms with Crippen molar-refractivity contribution in [2.45, 2.75) is 95.6 Å². The molecular weight excluding hydrogens is 540 g/mol. The van der Waals surface area contributed by atoms with Gasteiger partial charge in [-0.15, -0.1) is 0 Å². The molecule has 1 N–H and O–H groups in total. The van der Waals surface area contributed by atoms with Crippen LogP contribution in [0.3, 0.4) is 0 Å². The molecule has 2 saturated carbocycles. The number of hydrogen-bond acceptors (Lipinski definition) is 12. The maximum atomic E-state index is 13.3. The van der Waals surface area contributed by atoms with Crippen molar-refractivity contribution in [1.29, 1.82) is 0 Å². The highest BCUT2D eigenvalue weighted by atomic mass is 16.6. The summed E-state index contributed by atoms with van der Waals surface area (Å²) in [4.78, 5) is 51.2. The van der Waals surface area contributed by atoms with Gasteiger partial charge in [-0.3, -0.25) is 9.59 Å². The van der Waals surface area contributed by atoms with Crippen LogP contribution in [0.4, 0.5) is 0 Å². The van der Waals surface area contributed by atoms with Crippen LogP contribution in [0.1, 0.15) is 75.5 Å². The van der Waals surface area contributed by atoms with Gasteiger partial charge in [0, 0.05) is 26.2 Å². The summed E-state index contributed by atoms with van der Waals surface area (Å²) in [7, 11) is 0. The van der Waals surface area contributed by atoms with Crippen molar-refractivity contribution >= 4 is 23.9 Å². The van der Waals surface area contributed by atoms with Gasteiger partial charge in [-0.1, -0.05) is 0 Å². The number of fused-ring (bicyclic) bond motifs is 1. The number of hydrogen-bond donors (Lipinski definition) is 1. The summed E-state index contributed by atoms with van der Waals surface area (Å²) in [5.74, 6) is -3.69. The van der Waals surface area contributed by atoms with Crippen molar-refractivity contribution in [2.75, 3.05) is 0 Å². The van der Waals surface area contributed by atoms with E-state index in [0.717, 1.165) is 0 Å². The van der Waals surface area contributed by atoms with Crippen LogP contribution in [0.5, 0.6) is 0 Å². The molecule has 2 unspecified atom stereocenters. The van der Waals surface area contributed by atoms with Crippen LogP contribution in [0, 0.1) is 11.3 Å². The summed E-state index contributed by atoms with van der Waals surface area (Å²) in [6.07, 6.45) is -2.15. The van der Waals surface area contributed by atoms with Crippen LogP contribution in [0.25, 0.3) is 0 Å². The fraction of sp³-hybridized carbons (Fsp3) is 0.586. The van der Waals surface area contributed by atoms with Crippen molar-refractivity contribution in [3.63, 3.8) is 0 Å². The zero-order chi connectivity index (χ0) is 30.0. The number of carbonyl (C=O) groups excluding carboxylic acids is 4. The Balaban J connectivity index is 1.71. The van der Waals surface area contributed by atoms with Crippen molar-refractivity contribution in [3.8, 4) is 0 Å². The second-order valence-corrected chi connectivity index (χ2v) is 11.9. The minimum atomic E-state index is -1.87. The zero-order valence-corrected chi connectivity index (χ0v) is 23.7. The fourth-order valence-corrected chi connectivity index (χ4v) is 7.34. The van der Waals surface area contributed by atoms with Gasteiger partial charge in [0.1, 0.15) is 23.9 Å². The predicted octanol–water partition coefficient (Wildman–Crippen LogP) is 3.22. The van der Waals surface area contributed by atoms with E-state index in [1.807, 2.05) is 0 Å². The van der Waals surface area contributed by atoms with Gasteiger partial charge in [-0.25, -0.2) is 9.59 Å². The third-order valence-corrected chi connectivity index (χ3v) is 8.89. The number of rotatable bonds is 6. The molecule has 2 aromatic rings. The van der Waals surface area contributed by atoms with E-state index in [9.17, 15) is 24.3 Å². The van der Waals surface area contributed by atoms with E-state index in [1.54, 1.807) is 20.8 Å². The minimum Gasteiger partial charge on any atom is -0.458 e. The second kappa shape index (κ2) is 9.73. The van der Waals surface area contributed by atoms with Crippen LogP contribution in [-0.4, -0.2) is 70.2 Å². The fourth-order valence-electron chi connectivity index (χ4n) is 7.34. The number of furan rings is 2. The lowest BCUT2D eigenvalue weighted by Crippen LogP contribution is -2.81. The molecule has 5 rings (SSSR count). The summed E-state index contributed by atoms with van der Waals surface area (Å²) in [5, 5.41) is 12.3. The number of aliphatic hydroxyl groups is 1. The molecule has 3 fully saturated rings. The smallest absolute Gasteiger partial charge is 0.374 e. The van der Waals surface area contributed by atoms with Crippen LogP contribution in [-0.2, 0) is 33.3 Å². The average Bonchev–Trinajstić information content (AvgIpc) is 3.61. The molecule has 3 heterocycles. The van der Waals surface area contributed by atoms with Crippen LogP contribution in [0.2, 0.25) is 0 Å². The molecule has 2 bridgehead atoms. The van der Waals surface area contributed by atoms with Crippen LogP contribution >= 0.6 is 0 Å². The van der Waals surface area contributed by atoms with Crippen LogP contribution < -0.4 is 0 Å². The first-order valence-corrected chi connectivity index (χ1v) is 13.4. The van der Waals surface area contributed by atoms with Crippen molar-refractivity contribution < 1.29 is 56.8 Å². The molecule has 222 valence electrons. The number of ether oxygens (including phenoxy) is 5. The summed E-state index contributed by atoms with van der Waals surface area (Å²) in [6, 6.07) is 5.95. The van der Waals surface area contributed by atoms with Gasteiger partial charge in [-0.05, 0) is 58.4 Å². The highest BCUT2D eigenvalue weighted by Gasteiger charge is 2.84. The molecule has 12 heteroatoms. The van der Waals surface area contributed by atoms with Gasteiger partial charge in [-0.2, -0.15) is 0 Å². The van der Waals surface area contributed by atoms with Gasteiger partial charge in [0.2, 0.25) is 11.5 Å². The molecule has 2 aliphatic carbocycles. The Bertz CT molecular complexity index is 1330. The van der Waals surface area contributed by atoms with Crippen molar-refractivity contribution in [1.82, 2.24) is 0 Å². The molecule has 12 nitrogen and oxygen atoms in total. The first-order valence-electron chi connectivity index (χ1n) is 13.4. The average molecular weight is 575 g/mol. The minimum absolute atomic E-state index is 0.0588. The maximum Gasteiger partial charge on any atom is 0.374 e. The van der Waals surface area contributed by atoms with Gasteiger partial charge in [0.15, 0.2) is 6.10 Å². The normalized spacial score (nSPS) is 37.0. The summed E-state index contributed by atoms with van der Waals surface area (Å²) < 4.78 is 40.8. The van der Waals surface area contributed by atoms with Gasteiger partial charge in [0.05, 0.1) is 29.1 Å². The molecule has 0 radical (unpaired) electrons. The van der Waals surface area contributed by atoms with Crippen LogP contribution in [0.15, 0.2) is 45.6 Å². The lowest BCUT2D eigenvalue weighted by Gasteiger charge is -2.65. The maximum absolute atomic E-state index is 13.3. The Morgan fingerprint density at radius 3 is 1.90 bits per heavy atom. The quantitative estimate of drug-likeness (QED) is 0.397. The predicted molar refractivity (Wildman–Crippen MR) is 136 cm³/mol. The highest BCUT2D eigenvalue weighted by molar-refractivity contribution is 5.87. The summed E-state index contributed by atoms with van der Waals surface area (Å²) in [5.41, 5.74) is -6.34. The molecule has 1 aliphatic heterocycles. The largest absolute Gasteiger partial charge is 0.458 e. The summed E-state index contributed by atoms with van der Waals surface area (Å²) >= 11 is 0. The van der Waals surface area contributed by atoms with E-state index in [1.165, 1.54) is 57.6 Å². The molecule has 0 amide bonds. The van der Waals surface area contributed by atoms with E-state index in [4.69, 9.17) is 32.5 Å². The first-order chi connectivity index (χ1) is 19.1. The van der Waals surface area contributed by atoms with E-state index >= 15 is 0 Å². The Morgan fingerprint density at radius 2 is 1.39 bits per heavy atom. The second-order valence-electron chi connectivity index (χ2n) is 11.9. The molecule has 2 aromatic heterocycles. The standard InChI is InChI=1S/C29H34O12/c1-15(30)37-20-14-27(5,34)29-22(40-25(33)19-10-8-12-36-19)17(26(3,4)41-29)13-21(28(29,6)23(20)38-16(2)31)39-24(32)18-9-7-11-35-18/h7-12,17,20-23,34H,13-14H2,1-6H3/t17?,20-,21-,22+,23-,27-,28+,29?/m0/s1. The third kappa shape index (κ3) is 4.35. The Hall–Kier alpha value is -3.64. The lowest BCUT2D eigenvalue weighted by atomic mass is 9.47. The van der Waals surface area contributed by atoms with Gasteiger partial charge in [0.25, 0.3) is 0 Å². The molecule has 0 aromatic carbocycles. The van der Waals surface area contributed by atoms with Gasteiger partial charge < -0.3 is 37.6 Å². The van der Waals surface area contributed by atoms with Crippen molar-refractivity contribution in [2.24, 2.45) is 11.3 Å². The highest BCUT2D eigenvalue weighted by Crippen LogP contribution is 2.69. The monoisotopic (exact) mass is 574 g/mol. The number of carbonyl (C=O) groups is 4. The van der Waals surface area contributed by atoms with Crippen molar-refractivity contribution in [3.05, 3.63) is 48.3 Å². The van der Waals surface area contributed by atoms with E-state index in [2.05, 4.69) is 0 Å². The lowest BCUT2D eigenvalue weighted by molar-refractivity contribution is -0.343. The Labute approximate surface area is 236 Å². The number of esters is 4. The van der Waals surface area contributed by atoms with E-state index in [-0.39, 0.29) is 24.4 Å². The zero-order valence-electron chi connectivity index (χ0n) is 23.7. The molecule has 41 heavy (non-hydrogen) atoms. The third-order valence-electron chi connectivity index (χ3n) is 8.89.